The van der Waals surface area contributed by atoms with Crippen LogP contribution in [0.5, 0.6) is 11.5 Å². The van der Waals surface area contributed by atoms with Crippen molar-refractivity contribution in [2.24, 2.45) is 20.5 Å². The van der Waals surface area contributed by atoms with Crippen LogP contribution in [0.3, 0.4) is 0 Å². The van der Waals surface area contributed by atoms with Gasteiger partial charge in [0, 0.05) is 0 Å². The van der Waals surface area contributed by atoms with Crippen molar-refractivity contribution in [3.63, 3.8) is 0 Å². The van der Waals surface area contributed by atoms with Crippen molar-refractivity contribution in [2.45, 2.75) is 106 Å². The van der Waals surface area contributed by atoms with E-state index in [4.69, 9.17) is 9.47 Å². The van der Waals surface area contributed by atoms with Crippen LogP contribution in [0, 0.1) is 27.7 Å². The van der Waals surface area contributed by atoms with E-state index >= 15 is 0 Å². The van der Waals surface area contributed by atoms with Crippen molar-refractivity contribution in [3.05, 3.63) is 70.8 Å². The minimum absolute atomic E-state index is 0.754. The highest BCUT2D eigenvalue weighted by molar-refractivity contribution is 5.69. The molecule has 0 radical (unpaired) electrons. The number of hydrogen-bond acceptors (Lipinski definition) is 6. The van der Waals surface area contributed by atoms with E-state index in [9.17, 15) is 0 Å². The van der Waals surface area contributed by atoms with Crippen LogP contribution in [0.2, 0.25) is 0 Å². The van der Waals surface area contributed by atoms with Crippen LogP contribution in [0.15, 0.2) is 69.0 Å². The number of azo groups is 2. The molecule has 0 N–H and O–H groups in total. The number of benzene rings is 3. The molecular formula is C36H50N4O2. The van der Waals surface area contributed by atoms with Crippen molar-refractivity contribution in [1.29, 1.82) is 0 Å². The molecule has 6 heteroatoms. The van der Waals surface area contributed by atoms with E-state index in [2.05, 4.69) is 62.0 Å². The lowest BCUT2D eigenvalue weighted by molar-refractivity contribution is 0.304. The number of unbranched alkanes of at least 4 members (excludes halogenated alkanes) is 8. The van der Waals surface area contributed by atoms with Gasteiger partial charge in [-0.3, -0.25) is 0 Å². The van der Waals surface area contributed by atoms with Crippen molar-refractivity contribution in [2.75, 3.05) is 13.2 Å². The number of ether oxygens (including phenoxy) is 2. The van der Waals surface area contributed by atoms with Gasteiger partial charge in [0.25, 0.3) is 0 Å². The quantitative estimate of drug-likeness (QED) is 0.113. The second-order valence-electron chi connectivity index (χ2n) is 11.1. The summed E-state index contributed by atoms with van der Waals surface area (Å²) in [5, 5.41) is 18.3. The lowest BCUT2D eigenvalue weighted by atomic mass is 9.96. The molecular weight excluding hydrogens is 520 g/mol. The molecule has 0 spiro atoms. The number of nitrogens with zero attached hydrogens (tertiary/aromatic N) is 4. The van der Waals surface area contributed by atoms with Crippen LogP contribution < -0.4 is 9.47 Å². The van der Waals surface area contributed by atoms with E-state index in [1.54, 1.807) is 0 Å². The van der Waals surface area contributed by atoms with E-state index in [-0.39, 0.29) is 0 Å². The predicted molar refractivity (Wildman–Crippen MR) is 175 cm³/mol. The van der Waals surface area contributed by atoms with E-state index in [1.807, 2.05) is 48.5 Å². The van der Waals surface area contributed by atoms with E-state index < -0.39 is 0 Å². The molecule has 0 aliphatic carbocycles. The van der Waals surface area contributed by atoms with Crippen LogP contribution in [0.4, 0.5) is 22.7 Å². The Kier molecular flexibility index (Phi) is 14.2. The van der Waals surface area contributed by atoms with Crippen LogP contribution in [-0.4, -0.2) is 13.2 Å². The minimum Gasteiger partial charge on any atom is -0.494 e. The fourth-order valence-electron chi connectivity index (χ4n) is 4.80. The molecule has 6 nitrogen and oxygen atoms in total. The summed E-state index contributed by atoms with van der Waals surface area (Å²) in [5.74, 6) is 1.75. The zero-order chi connectivity index (χ0) is 30.2. The molecule has 0 heterocycles. The molecule has 0 atom stereocenters. The van der Waals surface area contributed by atoms with Gasteiger partial charge in [-0.05, 0) is 111 Å². The first-order chi connectivity index (χ1) is 20.4. The second-order valence-corrected chi connectivity index (χ2v) is 11.1. The normalized spacial score (nSPS) is 11.6. The molecule has 0 aliphatic heterocycles. The molecule has 0 unspecified atom stereocenters. The minimum atomic E-state index is 0.754. The van der Waals surface area contributed by atoms with Gasteiger partial charge in [0.2, 0.25) is 0 Å². The smallest absolute Gasteiger partial charge is 0.119 e. The van der Waals surface area contributed by atoms with Crippen LogP contribution in [0.1, 0.15) is 100 Å². The van der Waals surface area contributed by atoms with Gasteiger partial charge in [0.1, 0.15) is 11.5 Å². The molecule has 226 valence electrons. The number of rotatable bonds is 18. The molecule has 3 aromatic rings. The third-order valence-corrected chi connectivity index (χ3v) is 7.78. The summed E-state index contributed by atoms with van der Waals surface area (Å²) >= 11 is 0. The molecule has 0 bridgehead atoms. The Morgan fingerprint density at radius 2 is 0.762 bits per heavy atom. The molecule has 3 rings (SSSR count). The lowest BCUT2D eigenvalue weighted by Gasteiger charge is -2.14. The van der Waals surface area contributed by atoms with Crippen molar-refractivity contribution >= 4 is 22.7 Å². The first-order valence-electron chi connectivity index (χ1n) is 15.8. The standard InChI is InChI=1S/C36H50N4O2/c1-7-9-11-13-15-25-41-33-21-17-31(18-22-33)37-39-35-27(3)29(5)36(30(6)28(35)4)40-38-32-19-23-34(24-20-32)42-26-16-14-12-10-8-2/h17-24H,7-16,25-26H2,1-6H3. The summed E-state index contributed by atoms with van der Waals surface area (Å²) in [6.45, 7) is 14.3. The van der Waals surface area contributed by atoms with Gasteiger partial charge in [0.15, 0.2) is 0 Å². The van der Waals surface area contributed by atoms with Gasteiger partial charge in [-0.25, -0.2) is 0 Å². The second kappa shape index (κ2) is 18.1. The van der Waals surface area contributed by atoms with Gasteiger partial charge < -0.3 is 9.47 Å². The Morgan fingerprint density at radius 1 is 0.429 bits per heavy atom. The first-order valence-corrected chi connectivity index (χ1v) is 15.8. The van der Waals surface area contributed by atoms with Crippen molar-refractivity contribution < 1.29 is 9.47 Å². The summed E-state index contributed by atoms with van der Waals surface area (Å²) in [6, 6.07) is 15.7. The number of hydrogen-bond donors (Lipinski definition) is 0. The van der Waals surface area contributed by atoms with Crippen molar-refractivity contribution in [3.8, 4) is 11.5 Å². The van der Waals surface area contributed by atoms with Gasteiger partial charge in [-0.2, -0.15) is 10.2 Å². The Morgan fingerprint density at radius 3 is 1.10 bits per heavy atom. The molecule has 0 saturated carbocycles. The van der Waals surface area contributed by atoms with E-state index in [0.717, 1.165) is 82.6 Å². The molecule has 0 aromatic heterocycles. The van der Waals surface area contributed by atoms with E-state index in [0.29, 0.717) is 0 Å². The summed E-state index contributed by atoms with van der Waals surface area (Å²) in [7, 11) is 0. The molecule has 42 heavy (non-hydrogen) atoms. The topological polar surface area (TPSA) is 67.9 Å². The first kappa shape index (κ1) is 33.0. The Balaban J connectivity index is 1.60. The highest BCUT2D eigenvalue weighted by Crippen LogP contribution is 2.39. The van der Waals surface area contributed by atoms with Crippen LogP contribution in [0.25, 0.3) is 0 Å². The maximum atomic E-state index is 5.88. The average molecular weight is 571 g/mol. The Labute approximate surface area is 253 Å². The molecule has 0 amide bonds. The Bertz CT molecular complexity index is 1150. The third-order valence-electron chi connectivity index (χ3n) is 7.78. The van der Waals surface area contributed by atoms with Gasteiger partial charge in [0.05, 0.1) is 36.0 Å². The third kappa shape index (κ3) is 10.4. The fourth-order valence-corrected chi connectivity index (χ4v) is 4.80. The molecule has 0 aliphatic rings. The van der Waals surface area contributed by atoms with Gasteiger partial charge in [-0.15, -0.1) is 10.2 Å². The highest BCUT2D eigenvalue weighted by atomic mass is 16.5. The molecule has 3 aromatic carbocycles. The summed E-state index contributed by atoms with van der Waals surface area (Å²) in [5.41, 5.74) is 7.59. The van der Waals surface area contributed by atoms with Crippen molar-refractivity contribution in [1.82, 2.24) is 0 Å². The fraction of sp³-hybridized carbons (Fsp3) is 0.500. The monoisotopic (exact) mass is 570 g/mol. The zero-order valence-corrected chi connectivity index (χ0v) is 26.7. The average Bonchev–Trinajstić information content (AvgIpc) is 3.01. The maximum absolute atomic E-state index is 5.88. The Hall–Kier alpha value is -3.54. The summed E-state index contributed by atoms with van der Waals surface area (Å²) in [4.78, 5) is 0. The lowest BCUT2D eigenvalue weighted by Crippen LogP contribution is -1.96. The largest absolute Gasteiger partial charge is 0.494 e. The SMILES string of the molecule is CCCCCCCOc1ccc(N=Nc2c(C)c(C)c(N=Nc3ccc(OCCCCCCC)cc3)c(C)c2C)cc1. The molecule has 0 saturated heterocycles. The molecule has 0 fully saturated rings. The highest BCUT2D eigenvalue weighted by Gasteiger charge is 2.15. The van der Waals surface area contributed by atoms with Gasteiger partial charge in [-0.1, -0.05) is 65.2 Å². The van der Waals surface area contributed by atoms with Gasteiger partial charge >= 0.3 is 0 Å². The predicted octanol–water partition coefficient (Wildman–Crippen LogP) is 12.4. The maximum Gasteiger partial charge on any atom is 0.119 e. The van der Waals surface area contributed by atoms with Crippen LogP contribution >= 0.6 is 0 Å². The van der Waals surface area contributed by atoms with E-state index in [1.165, 1.54) is 51.4 Å². The zero-order valence-electron chi connectivity index (χ0n) is 26.7. The summed E-state index contributed by atoms with van der Waals surface area (Å²) in [6.07, 6.45) is 12.3. The summed E-state index contributed by atoms with van der Waals surface area (Å²) < 4.78 is 11.8. The van der Waals surface area contributed by atoms with Crippen LogP contribution in [-0.2, 0) is 0 Å².